The molecule has 0 aliphatic heterocycles. The highest BCUT2D eigenvalue weighted by atomic mass is 35.5. The molecule has 1 saturated carbocycles. The van der Waals surface area contributed by atoms with Gasteiger partial charge in [-0.15, -0.1) is 11.6 Å². The Bertz CT molecular complexity index is 671. The molecule has 0 aromatic carbocycles. The Kier molecular flexibility index (Phi) is 2.80. The summed E-state index contributed by atoms with van der Waals surface area (Å²) in [5.41, 5.74) is -0.512. The molecule has 2 aromatic heterocycles. The zero-order valence-electron chi connectivity index (χ0n) is 11.0. The van der Waals surface area contributed by atoms with Crippen molar-refractivity contribution in [3.05, 3.63) is 23.7 Å². The maximum Gasteiger partial charge on any atom is 0.412 e. The van der Waals surface area contributed by atoms with Crippen LogP contribution < -0.4 is 0 Å². The van der Waals surface area contributed by atoms with Crippen molar-refractivity contribution in [3.8, 4) is 0 Å². The summed E-state index contributed by atoms with van der Waals surface area (Å²) in [5, 5.41) is -0.607. The number of aryl methyl sites for hydroxylation is 1. The molecule has 1 fully saturated rings. The maximum atomic E-state index is 13.4. The number of nitrogens with zero attached hydrogens (tertiary/aromatic N) is 3. The van der Waals surface area contributed by atoms with Crippen LogP contribution in [0.5, 0.6) is 0 Å². The van der Waals surface area contributed by atoms with Gasteiger partial charge in [0.25, 0.3) is 0 Å². The molecule has 0 amide bonds. The first-order chi connectivity index (χ1) is 9.26. The molecule has 1 atom stereocenters. The Morgan fingerprint density at radius 1 is 1.30 bits per heavy atom. The van der Waals surface area contributed by atoms with Crippen molar-refractivity contribution in [2.45, 2.75) is 43.8 Å². The molecule has 1 aliphatic rings. The third-order valence-corrected chi connectivity index (χ3v) is 3.90. The van der Waals surface area contributed by atoms with Crippen molar-refractivity contribution in [3.63, 3.8) is 0 Å². The SMILES string of the molecule is Cc1ccc2nc(C(C)Cl)n(C3(C(F)(F)F)CC3)c2n1. The highest BCUT2D eigenvalue weighted by Crippen LogP contribution is 2.57. The van der Waals surface area contributed by atoms with Gasteiger partial charge in [0.05, 0.1) is 5.38 Å². The number of pyridine rings is 1. The Labute approximate surface area is 118 Å². The van der Waals surface area contributed by atoms with Crippen LogP contribution in [0.2, 0.25) is 0 Å². The monoisotopic (exact) mass is 303 g/mol. The van der Waals surface area contributed by atoms with Gasteiger partial charge in [-0.05, 0) is 38.8 Å². The molecule has 0 N–H and O–H groups in total. The van der Waals surface area contributed by atoms with Crippen molar-refractivity contribution >= 4 is 22.8 Å². The van der Waals surface area contributed by atoms with Crippen LogP contribution in [-0.2, 0) is 5.54 Å². The van der Waals surface area contributed by atoms with Gasteiger partial charge in [-0.2, -0.15) is 13.2 Å². The lowest BCUT2D eigenvalue weighted by molar-refractivity contribution is -0.179. The van der Waals surface area contributed by atoms with E-state index in [1.807, 2.05) is 0 Å². The molecule has 2 heterocycles. The third kappa shape index (κ3) is 1.81. The van der Waals surface area contributed by atoms with Crippen LogP contribution in [0.25, 0.3) is 11.2 Å². The third-order valence-electron chi connectivity index (χ3n) is 3.70. The van der Waals surface area contributed by atoms with E-state index in [4.69, 9.17) is 11.6 Å². The predicted molar refractivity (Wildman–Crippen MR) is 69.8 cm³/mol. The van der Waals surface area contributed by atoms with E-state index >= 15 is 0 Å². The number of aromatic nitrogens is 3. The highest BCUT2D eigenvalue weighted by Gasteiger charge is 2.66. The minimum Gasteiger partial charge on any atom is -0.296 e. The van der Waals surface area contributed by atoms with E-state index in [9.17, 15) is 13.2 Å². The fourth-order valence-electron chi connectivity index (χ4n) is 2.51. The van der Waals surface area contributed by atoms with Gasteiger partial charge >= 0.3 is 6.18 Å². The van der Waals surface area contributed by atoms with Gasteiger partial charge in [0.15, 0.2) is 5.65 Å². The molecule has 0 spiro atoms. The second-order valence-electron chi connectivity index (χ2n) is 5.25. The van der Waals surface area contributed by atoms with E-state index in [0.29, 0.717) is 11.2 Å². The summed E-state index contributed by atoms with van der Waals surface area (Å²) in [6.45, 7) is 3.37. The Hall–Kier alpha value is -1.30. The van der Waals surface area contributed by atoms with Gasteiger partial charge in [-0.25, -0.2) is 9.97 Å². The Morgan fingerprint density at radius 2 is 1.95 bits per heavy atom. The van der Waals surface area contributed by atoms with Crippen LogP contribution in [0.1, 0.15) is 36.7 Å². The highest BCUT2D eigenvalue weighted by molar-refractivity contribution is 6.20. The normalized spacial score (nSPS) is 19.3. The molecular weight excluding hydrogens is 291 g/mol. The first-order valence-corrected chi connectivity index (χ1v) is 6.77. The molecule has 0 saturated heterocycles. The molecule has 1 aliphatic carbocycles. The summed E-state index contributed by atoms with van der Waals surface area (Å²) in [6.07, 6.45) is -4.23. The zero-order chi connectivity index (χ0) is 14.7. The number of fused-ring (bicyclic) bond motifs is 1. The first kappa shape index (κ1) is 13.7. The molecule has 3 nitrogen and oxygen atoms in total. The molecule has 0 bridgehead atoms. The van der Waals surface area contributed by atoms with Crippen molar-refractivity contribution in [2.75, 3.05) is 0 Å². The van der Waals surface area contributed by atoms with Gasteiger partial charge in [0.1, 0.15) is 16.9 Å². The van der Waals surface area contributed by atoms with E-state index in [1.165, 1.54) is 4.57 Å². The number of rotatable bonds is 2. The van der Waals surface area contributed by atoms with Gasteiger partial charge in [0.2, 0.25) is 0 Å². The molecular formula is C13H13ClF3N3. The van der Waals surface area contributed by atoms with Crippen LogP contribution in [0.3, 0.4) is 0 Å². The first-order valence-electron chi connectivity index (χ1n) is 6.33. The van der Waals surface area contributed by atoms with Crippen LogP contribution in [-0.4, -0.2) is 20.7 Å². The van der Waals surface area contributed by atoms with E-state index in [0.717, 1.165) is 0 Å². The van der Waals surface area contributed by atoms with E-state index in [2.05, 4.69) is 9.97 Å². The van der Waals surface area contributed by atoms with E-state index in [1.54, 1.807) is 26.0 Å². The summed E-state index contributed by atoms with van der Waals surface area (Å²) in [7, 11) is 0. The topological polar surface area (TPSA) is 30.7 Å². The van der Waals surface area contributed by atoms with Crippen molar-refractivity contribution in [2.24, 2.45) is 0 Å². The minimum absolute atomic E-state index is 0.0498. The van der Waals surface area contributed by atoms with Gasteiger partial charge in [-0.3, -0.25) is 4.57 Å². The lowest BCUT2D eigenvalue weighted by Gasteiger charge is -2.24. The maximum absolute atomic E-state index is 13.4. The van der Waals surface area contributed by atoms with Crippen molar-refractivity contribution in [1.82, 2.24) is 14.5 Å². The van der Waals surface area contributed by atoms with Crippen LogP contribution in [0, 0.1) is 6.92 Å². The molecule has 20 heavy (non-hydrogen) atoms. The average molecular weight is 304 g/mol. The number of imidazole rings is 1. The van der Waals surface area contributed by atoms with Gasteiger partial charge in [-0.1, -0.05) is 0 Å². The standard InChI is InChI=1S/C13H13ClF3N3/c1-7-3-4-9-11(18-7)20(10(19-9)8(2)14)12(5-6-12)13(15,16)17/h3-4,8H,5-6H2,1-2H3. The summed E-state index contributed by atoms with van der Waals surface area (Å²) >= 11 is 6.03. The molecule has 2 aromatic rings. The molecule has 108 valence electrons. The second kappa shape index (κ2) is 4.10. The predicted octanol–water partition coefficient (Wildman–Crippen LogP) is 4.09. The summed E-state index contributed by atoms with van der Waals surface area (Å²) < 4.78 is 41.4. The molecule has 0 radical (unpaired) electrons. The van der Waals surface area contributed by atoms with Crippen LogP contribution in [0.15, 0.2) is 12.1 Å². The fourth-order valence-corrected chi connectivity index (χ4v) is 2.66. The smallest absolute Gasteiger partial charge is 0.296 e. The van der Waals surface area contributed by atoms with Crippen molar-refractivity contribution < 1.29 is 13.2 Å². The summed E-state index contributed by atoms with van der Waals surface area (Å²) in [6, 6.07) is 3.42. The lowest BCUT2D eigenvalue weighted by atomic mass is 10.2. The molecule has 3 rings (SSSR count). The van der Waals surface area contributed by atoms with Gasteiger partial charge < -0.3 is 0 Å². The van der Waals surface area contributed by atoms with Gasteiger partial charge in [0, 0.05) is 5.69 Å². The van der Waals surface area contributed by atoms with E-state index in [-0.39, 0.29) is 24.3 Å². The van der Waals surface area contributed by atoms with Crippen molar-refractivity contribution in [1.29, 1.82) is 0 Å². The minimum atomic E-state index is -4.33. The van der Waals surface area contributed by atoms with Crippen LogP contribution in [0.4, 0.5) is 13.2 Å². The number of halogens is 4. The quantitative estimate of drug-likeness (QED) is 0.782. The Morgan fingerprint density at radius 3 is 2.45 bits per heavy atom. The van der Waals surface area contributed by atoms with E-state index < -0.39 is 17.1 Å². The summed E-state index contributed by atoms with van der Waals surface area (Å²) in [4.78, 5) is 8.48. The number of hydrogen-bond acceptors (Lipinski definition) is 2. The fraction of sp³-hybridized carbons (Fsp3) is 0.538. The molecule has 7 heteroatoms. The second-order valence-corrected chi connectivity index (χ2v) is 5.90. The lowest BCUT2D eigenvalue weighted by Crippen LogP contribution is -2.36. The largest absolute Gasteiger partial charge is 0.412 e. The van der Waals surface area contributed by atoms with Crippen LogP contribution >= 0.6 is 11.6 Å². The Balaban J connectivity index is 2.33. The average Bonchev–Trinajstić information content (AvgIpc) is 3.05. The zero-order valence-corrected chi connectivity index (χ0v) is 11.8. The molecule has 1 unspecified atom stereocenters. The summed E-state index contributed by atoms with van der Waals surface area (Å²) in [5.74, 6) is 0.231. The number of hydrogen-bond donors (Lipinski definition) is 0. The number of alkyl halides is 4.